The Morgan fingerprint density at radius 1 is 1.42 bits per heavy atom. The number of amides is 1. The first-order valence-corrected chi connectivity index (χ1v) is 8.63. The molecule has 0 radical (unpaired) electrons. The Hall–Kier alpha value is -1.66. The number of pyridine rings is 1. The first-order valence-electron chi connectivity index (χ1n) is 8.63. The van der Waals surface area contributed by atoms with Gasteiger partial charge in [0.25, 0.3) is 5.91 Å². The lowest BCUT2D eigenvalue weighted by Crippen LogP contribution is -2.47. The van der Waals surface area contributed by atoms with Gasteiger partial charge in [0.2, 0.25) is 5.88 Å². The number of hydrogen-bond acceptors (Lipinski definition) is 5. The zero-order chi connectivity index (χ0) is 17.4. The number of anilines is 1. The minimum absolute atomic E-state index is 0.0941. The predicted molar refractivity (Wildman–Crippen MR) is 92.2 cm³/mol. The number of carbonyl (C=O) groups excluding carboxylic acids is 1. The van der Waals surface area contributed by atoms with Crippen molar-refractivity contribution in [1.82, 2.24) is 4.98 Å². The van der Waals surface area contributed by atoms with Gasteiger partial charge in [-0.15, -0.1) is 0 Å². The molecule has 0 aliphatic heterocycles. The maximum absolute atomic E-state index is 12.7. The van der Waals surface area contributed by atoms with E-state index in [-0.39, 0.29) is 5.91 Å². The summed E-state index contributed by atoms with van der Waals surface area (Å²) in [7, 11) is 1.62. The van der Waals surface area contributed by atoms with Gasteiger partial charge < -0.3 is 19.5 Å². The normalized spacial score (nSPS) is 23.7. The van der Waals surface area contributed by atoms with Crippen LogP contribution in [0.1, 0.15) is 39.5 Å². The summed E-state index contributed by atoms with van der Waals surface area (Å²) < 4.78 is 16.3. The summed E-state index contributed by atoms with van der Waals surface area (Å²) in [5.41, 5.74) is -0.0866. The summed E-state index contributed by atoms with van der Waals surface area (Å²) in [6, 6.07) is 3.53. The third kappa shape index (κ3) is 4.92. The summed E-state index contributed by atoms with van der Waals surface area (Å²) in [4.78, 5) is 16.9. The van der Waals surface area contributed by atoms with Crippen LogP contribution < -0.4 is 10.1 Å². The van der Waals surface area contributed by atoms with Gasteiger partial charge in [-0.2, -0.15) is 0 Å². The van der Waals surface area contributed by atoms with Gasteiger partial charge in [-0.25, -0.2) is 4.98 Å². The Morgan fingerprint density at radius 2 is 2.25 bits per heavy atom. The standard InChI is InChI=1S/C18H28N2O4/c1-4-23-10-11-24-16-8-7-15(13-19-16)20-17(21)18(22-3)9-5-6-14(2)12-18/h7-8,13-14H,4-6,9-12H2,1-3H3,(H,20,21)/t14-,18+/m1/s1. The monoisotopic (exact) mass is 336 g/mol. The molecule has 0 saturated heterocycles. The number of aromatic nitrogens is 1. The fraction of sp³-hybridized carbons (Fsp3) is 0.667. The molecule has 1 aliphatic rings. The minimum Gasteiger partial charge on any atom is -0.475 e. The Morgan fingerprint density at radius 3 is 2.88 bits per heavy atom. The van der Waals surface area contributed by atoms with Crippen LogP contribution in [0.25, 0.3) is 0 Å². The molecule has 1 aromatic heterocycles. The molecule has 0 bridgehead atoms. The number of nitrogens with one attached hydrogen (secondary N) is 1. The topological polar surface area (TPSA) is 69.7 Å². The molecule has 0 spiro atoms. The van der Waals surface area contributed by atoms with E-state index in [0.29, 0.717) is 37.3 Å². The van der Waals surface area contributed by atoms with E-state index in [2.05, 4.69) is 17.2 Å². The minimum atomic E-state index is -0.732. The Bertz CT molecular complexity index is 520. The number of rotatable bonds is 8. The van der Waals surface area contributed by atoms with E-state index in [4.69, 9.17) is 14.2 Å². The highest BCUT2D eigenvalue weighted by molar-refractivity contribution is 5.97. The van der Waals surface area contributed by atoms with Gasteiger partial charge in [-0.05, 0) is 38.2 Å². The van der Waals surface area contributed by atoms with Gasteiger partial charge in [-0.1, -0.05) is 13.3 Å². The van der Waals surface area contributed by atoms with Crippen LogP contribution in [0.5, 0.6) is 5.88 Å². The van der Waals surface area contributed by atoms with Gasteiger partial charge >= 0.3 is 0 Å². The van der Waals surface area contributed by atoms with Gasteiger partial charge in [0.1, 0.15) is 12.2 Å². The van der Waals surface area contributed by atoms with Gasteiger partial charge in [0.15, 0.2) is 0 Å². The third-order valence-corrected chi connectivity index (χ3v) is 4.44. The van der Waals surface area contributed by atoms with Crippen molar-refractivity contribution in [3.8, 4) is 5.88 Å². The van der Waals surface area contributed by atoms with Crippen LogP contribution in [0, 0.1) is 5.92 Å². The Kier molecular flexibility index (Phi) is 6.99. The Balaban J connectivity index is 1.91. The number of hydrogen-bond donors (Lipinski definition) is 1. The molecule has 1 aliphatic carbocycles. The summed E-state index contributed by atoms with van der Waals surface area (Å²) in [6.45, 7) is 5.76. The highest BCUT2D eigenvalue weighted by atomic mass is 16.5. The number of methoxy groups -OCH3 is 1. The third-order valence-electron chi connectivity index (χ3n) is 4.44. The first kappa shape index (κ1) is 18.7. The van der Waals surface area contributed by atoms with E-state index in [1.165, 1.54) is 0 Å². The molecule has 1 fully saturated rings. The largest absolute Gasteiger partial charge is 0.475 e. The van der Waals surface area contributed by atoms with Crippen LogP contribution in [0.4, 0.5) is 5.69 Å². The molecule has 1 amide bonds. The zero-order valence-corrected chi connectivity index (χ0v) is 14.8. The summed E-state index contributed by atoms with van der Waals surface area (Å²) in [6.07, 6.45) is 5.26. The molecule has 2 rings (SSSR count). The van der Waals surface area contributed by atoms with Crippen molar-refractivity contribution in [2.24, 2.45) is 5.92 Å². The molecule has 24 heavy (non-hydrogen) atoms. The molecule has 134 valence electrons. The molecule has 0 unspecified atom stereocenters. The van der Waals surface area contributed by atoms with Crippen LogP contribution >= 0.6 is 0 Å². The molecule has 6 heteroatoms. The second-order valence-corrected chi connectivity index (χ2v) is 6.28. The second kappa shape index (κ2) is 8.99. The van der Waals surface area contributed by atoms with Gasteiger partial charge in [0, 0.05) is 19.8 Å². The molecular weight excluding hydrogens is 308 g/mol. The lowest BCUT2D eigenvalue weighted by atomic mass is 9.78. The van der Waals surface area contributed by atoms with Crippen LogP contribution in [0.3, 0.4) is 0 Å². The van der Waals surface area contributed by atoms with Crippen LogP contribution in [-0.2, 0) is 14.3 Å². The molecule has 6 nitrogen and oxygen atoms in total. The lowest BCUT2D eigenvalue weighted by Gasteiger charge is -2.37. The van der Waals surface area contributed by atoms with Crippen molar-refractivity contribution < 1.29 is 19.0 Å². The van der Waals surface area contributed by atoms with E-state index in [1.54, 1.807) is 25.4 Å². The van der Waals surface area contributed by atoms with Gasteiger partial charge in [0.05, 0.1) is 18.5 Å². The molecule has 0 aromatic carbocycles. The predicted octanol–water partition coefficient (Wildman–Crippen LogP) is 3.03. The molecule has 1 saturated carbocycles. The summed E-state index contributed by atoms with van der Waals surface area (Å²) in [5.74, 6) is 0.910. The van der Waals surface area contributed by atoms with Crippen LogP contribution in [0.2, 0.25) is 0 Å². The van der Waals surface area contributed by atoms with E-state index < -0.39 is 5.60 Å². The fourth-order valence-corrected chi connectivity index (χ4v) is 3.12. The maximum atomic E-state index is 12.7. The second-order valence-electron chi connectivity index (χ2n) is 6.28. The average molecular weight is 336 g/mol. The van der Waals surface area contributed by atoms with Crippen molar-refractivity contribution in [1.29, 1.82) is 0 Å². The van der Waals surface area contributed by atoms with E-state index >= 15 is 0 Å². The quantitative estimate of drug-likeness (QED) is 0.739. The lowest BCUT2D eigenvalue weighted by molar-refractivity contribution is -0.143. The molecule has 1 N–H and O–H groups in total. The Labute approximate surface area is 143 Å². The van der Waals surface area contributed by atoms with E-state index in [9.17, 15) is 4.79 Å². The number of nitrogens with zero attached hydrogens (tertiary/aromatic N) is 1. The van der Waals surface area contributed by atoms with Crippen LogP contribution in [-0.4, -0.2) is 43.4 Å². The van der Waals surface area contributed by atoms with Crippen LogP contribution in [0.15, 0.2) is 18.3 Å². The summed E-state index contributed by atoms with van der Waals surface area (Å²) in [5, 5.41) is 2.92. The number of ether oxygens (including phenoxy) is 3. The van der Waals surface area contributed by atoms with Crippen molar-refractivity contribution in [3.05, 3.63) is 18.3 Å². The highest BCUT2D eigenvalue weighted by Crippen LogP contribution is 2.35. The van der Waals surface area contributed by atoms with Crippen molar-refractivity contribution in [2.45, 2.75) is 45.1 Å². The smallest absolute Gasteiger partial charge is 0.256 e. The maximum Gasteiger partial charge on any atom is 0.256 e. The summed E-state index contributed by atoms with van der Waals surface area (Å²) >= 11 is 0. The van der Waals surface area contributed by atoms with E-state index in [1.807, 2.05) is 6.92 Å². The fourth-order valence-electron chi connectivity index (χ4n) is 3.12. The molecule has 2 atom stereocenters. The average Bonchev–Trinajstić information content (AvgIpc) is 2.60. The molecule has 1 aromatic rings. The SMILES string of the molecule is CCOCCOc1ccc(NC(=O)[C@]2(OC)CCC[C@@H](C)C2)cn1. The molecular formula is C18H28N2O4. The molecule has 1 heterocycles. The number of carbonyl (C=O) groups is 1. The van der Waals surface area contributed by atoms with Gasteiger partial charge in [-0.3, -0.25) is 4.79 Å². The highest BCUT2D eigenvalue weighted by Gasteiger charge is 2.41. The zero-order valence-electron chi connectivity index (χ0n) is 14.8. The van der Waals surface area contributed by atoms with Crippen molar-refractivity contribution >= 4 is 11.6 Å². The van der Waals surface area contributed by atoms with E-state index in [0.717, 1.165) is 25.7 Å². The van der Waals surface area contributed by atoms with Crippen molar-refractivity contribution in [3.63, 3.8) is 0 Å². The first-order chi connectivity index (χ1) is 11.6. The van der Waals surface area contributed by atoms with Crippen molar-refractivity contribution in [2.75, 3.05) is 32.2 Å².